The Bertz CT molecular complexity index is 238. The van der Waals surface area contributed by atoms with E-state index in [-0.39, 0.29) is 11.9 Å². The number of carbonyl (C=O) groups is 2. The van der Waals surface area contributed by atoms with Gasteiger partial charge in [0.25, 0.3) is 0 Å². The van der Waals surface area contributed by atoms with Gasteiger partial charge in [-0.25, -0.2) is 0 Å². The Kier molecular flexibility index (Phi) is 8.21. The molecule has 0 bridgehead atoms. The van der Waals surface area contributed by atoms with Crippen LogP contribution in [0.2, 0.25) is 0 Å². The zero-order valence-electron chi connectivity index (χ0n) is 10.2. The Morgan fingerprint density at radius 2 is 2.06 bits per heavy atom. The second kappa shape index (κ2) is 8.95. The largest absolute Gasteiger partial charge is 0.466 e. The average molecular weight is 227 g/mol. The molecule has 0 aromatic rings. The molecule has 0 aliphatic rings. The minimum absolute atomic E-state index is 0.126. The Balaban J connectivity index is 3.53. The predicted octanol–water partition coefficient (Wildman–Crippen LogP) is 1.75. The van der Waals surface area contributed by atoms with Crippen molar-refractivity contribution < 1.29 is 14.3 Å². The van der Waals surface area contributed by atoms with Gasteiger partial charge >= 0.3 is 5.97 Å². The molecule has 4 nitrogen and oxygen atoms in total. The van der Waals surface area contributed by atoms with Gasteiger partial charge in [-0.2, -0.15) is 0 Å². The van der Waals surface area contributed by atoms with E-state index in [1.807, 2.05) is 6.92 Å². The number of carbonyl (C=O) groups excluding carboxylic acids is 2. The van der Waals surface area contributed by atoms with Crippen molar-refractivity contribution in [2.45, 2.75) is 32.6 Å². The molecule has 4 heteroatoms. The van der Waals surface area contributed by atoms with Gasteiger partial charge in [0.2, 0.25) is 5.91 Å². The van der Waals surface area contributed by atoms with Gasteiger partial charge in [-0.3, -0.25) is 9.59 Å². The Hall–Kier alpha value is -1.32. The lowest BCUT2D eigenvalue weighted by Gasteiger charge is -2.14. The van der Waals surface area contributed by atoms with Crippen molar-refractivity contribution in [2.24, 2.45) is 0 Å². The van der Waals surface area contributed by atoms with Crippen LogP contribution >= 0.6 is 0 Å². The number of nitrogens with zero attached hydrogens (tertiary/aromatic N) is 1. The number of amides is 1. The van der Waals surface area contributed by atoms with Gasteiger partial charge in [-0.15, -0.1) is 0 Å². The van der Waals surface area contributed by atoms with Crippen LogP contribution in [0.15, 0.2) is 12.7 Å². The van der Waals surface area contributed by atoms with Crippen molar-refractivity contribution in [3.8, 4) is 0 Å². The molecule has 0 unspecified atom stereocenters. The highest BCUT2D eigenvalue weighted by molar-refractivity contribution is 5.86. The summed E-state index contributed by atoms with van der Waals surface area (Å²) >= 11 is 0. The summed E-state index contributed by atoms with van der Waals surface area (Å²) in [7, 11) is 1.69. The molecule has 0 aromatic carbocycles. The molecule has 0 N–H and O–H groups in total. The molecule has 0 rings (SSSR count). The molecule has 92 valence electrons. The van der Waals surface area contributed by atoms with Crippen molar-refractivity contribution >= 4 is 11.9 Å². The average Bonchev–Trinajstić information content (AvgIpc) is 2.28. The molecule has 0 fully saturated rings. The second-order valence-electron chi connectivity index (χ2n) is 3.64. The van der Waals surface area contributed by atoms with E-state index in [1.54, 1.807) is 7.05 Å². The van der Waals surface area contributed by atoms with E-state index < -0.39 is 0 Å². The lowest BCUT2D eigenvalue weighted by atomic mass is 10.3. The fraction of sp³-hybridized carbons (Fsp3) is 0.667. The molecule has 0 radical (unpaired) electrons. The summed E-state index contributed by atoms with van der Waals surface area (Å²) in [6.45, 7) is 6.48. The second-order valence-corrected chi connectivity index (χ2v) is 3.64. The van der Waals surface area contributed by atoms with Crippen molar-refractivity contribution in [2.75, 3.05) is 20.2 Å². The zero-order valence-corrected chi connectivity index (χ0v) is 10.2. The van der Waals surface area contributed by atoms with E-state index >= 15 is 0 Å². The molecule has 0 spiro atoms. The Labute approximate surface area is 97.3 Å². The zero-order chi connectivity index (χ0) is 12.4. The van der Waals surface area contributed by atoms with E-state index in [0.717, 1.165) is 12.8 Å². The summed E-state index contributed by atoms with van der Waals surface area (Å²) in [6.07, 6.45) is 4.17. The molecular formula is C12H21NO3. The van der Waals surface area contributed by atoms with Crippen molar-refractivity contribution in [1.82, 2.24) is 4.90 Å². The fourth-order valence-corrected chi connectivity index (χ4v) is 1.13. The summed E-state index contributed by atoms with van der Waals surface area (Å²) in [5.74, 6) is -0.313. The quantitative estimate of drug-likeness (QED) is 0.360. The Morgan fingerprint density at radius 3 is 2.62 bits per heavy atom. The van der Waals surface area contributed by atoms with Gasteiger partial charge in [-0.05, 0) is 18.9 Å². The summed E-state index contributed by atoms with van der Waals surface area (Å²) < 4.78 is 4.99. The van der Waals surface area contributed by atoms with Gasteiger partial charge < -0.3 is 9.64 Å². The fourth-order valence-electron chi connectivity index (χ4n) is 1.13. The number of likely N-dealkylation sites (N-methyl/N-ethyl adjacent to an activating group) is 1. The lowest BCUT2D eigenvalue weighted by molar-refractivity contribution is -0.144. The maximum absolute atomic E-state index is 11.2. The van der Waals surface area contributed by atoms with Gasteiger partial charge in [-0.1, -0.05) is 19.9 Å². The molecule has 0 saturated heterocycles. The maximum Gasteiger partial charge on any atom is 0.305 e. The monoisotopic (exact) mass is 227 g/mol. The van der Waals surface area contributed by atoms with Crippen LogP contribution in [0.3, 0.4) is 0 Å². The van der Waals surface area contributed by atoms with Crippen LogP contribution in [0.4, 0.5) is 0 Å². The van der Waals surface area contributed by atoms with Crippen molar-refractivity contribution in [1.29, 1.82) is 0 Å². The smallest absolute Gasteiger partial charge is 0.305 e. The number of hydrogen-bond acceptors (Lipinski definition) is 3. The van der Waals surface area contributed by atoms with Crippen LogP contribution < -0.4 is 0 Å². The highest BCUT2D eigenvalue weighted by atomic mass is 16.5. The van der Waals surface area contributed by atoms with Crippen LogP contribution in [-0.4, -0.2) is 37.0 Å². The molecule has 0 atom stereocenters. The highest BCUT2D eigenvalue weighted by Crippen LogP contribution is 1.98. The number of unbranched alkanes of at least 4 members (excludes halogenated alkanes) is 1. The number of ether oxygens (including phenoxy) is 1. The van der Waals surface area contributed by atoms with E-state index in [4.69, 9.17) is 4.74 Å². The van der Waals surface area contributed by atoms with Crippen LogP contribution in [0, 0.1) is 0 Å². The summed E-state index contributed by atoms with van der Waals surface area (Å²) in [5.41, 5.74) is 0. The van der Waals surface area contributed by atoms with Gasteiger partial charge in [0, 0.05) is 20.0 Å². The number of rotatable bonds is 8. The SMILES string of the molecule is C=CC(=O)N(C)CCCC(=O)OCCCC. The minimum atomic E-state index is -0.187. The van der Waals surface area contributed by atoms with Crippen LogP contribution in [0.5, 0.6) is 0 Å². The molecule has 0 aliphatic carbocycles. The lowest BCUT2D eigenvalue weighted by Crippen LogP contribution is -2.26. The number of esters is 1. The van der Waals surface area contributed by atoms with Crippen LogP contribution in [-0.2, 0) is 14.3 Å². The van der Waals surface area contributed by atoms with Gasteiger partial charge in [0.1, 0.15) is 0 Å². The molecule has 0 aromatic heterocycles. The summed E-state index contributed by atoms with van der Waals surface area (Å²) in [5, 5.41) is 0. The van der Waals surface area contributed by atoms with Gasteiger partial charge in [0.15, 0.2) is 0 Å². The minimum Gasteiger partial charge on any atom is -0.466 e. The van der Waals surface area contributed by atoms with E-state index in [9.17, 15) is 9.59 Å². The third-order valence-electron chi connectivity index (χ3n) is 2.19. The van der Waals surface area contributed by atoms with Crippen LogP contribution in [0.1, 0.15) is 32.6 Å². The predicted molar refractivity (Wildman–Crippen MR) is 62.9 cm³/mol. The molecule has 16 heavy (non-hydrogen) atoms. The summed E-state index contributed by atoms with van der Waals surface area (Å²) in [4.78, 5) is 23.8. The van der Waals surface area contributed by atoms with Crippen LogP contribution in [0.25, 0.3) is 0 Å². The molecule has 0 saturated carbocycles. The third kappa shape index (κ3) is 7.04. The van der Waals surface area contributed by atoms with E-state index in [0.29, 0.717) is 26.0 Å². The first-order valence-electron chi connectivity index (χ1n) is 5.65. The Morgan fingerprint density at radius 1 is 1.38 bits per heavy atom. The van der Waals surface area contributed by atoms with E-state index in [1.165, 1.54) is 11.0 Å². The topological polar surface area (TPSA) is 46.6 Å². The maximum atomic E-state index is 11.2. The first-order chi connectivity index (χ1) is 7.61. The standard InChI is InChI=1S/C12H21NO3/c1-4-6-10-16-12(15)8-7-9-13(3)11(14)5-2/h5H,2,4,6-10H2,1,3H3. The first-order valence-corrected chi connectivity index (χ1v) is 5.65. The molecule has 0 aliphatic heterocycles. The van der Waals surface area contributed by atoms with Crippen molar-refractivity contribution in [3.05, 3.63) is 12.7 Å². The normalized spacial score (nSPS) is 9.62. The van der Waals surface area contributed by atoms with E-state index in [2.05, 4.69) is 6.58 Å². The van der Waals surface area contributed by atoms with Gasteiger partial charge in [0.05, 0.1) is 6.61 Å². The molecule has 1 amide bonds. The van der Waals surface area contributed by atoms with Crippen molar-refractivity contribution in [3.63, 3.8) is 0 Å². The first kappa shape index (κ1) is 14.7. The molecular weight excluding hydrogens is 206 g/mol. The number of hydrogen-bond donors (Lipinski definition) is 0. The summed E-state index contributed by atoms with van der Waals surface area (Å²) in [6, 6.07) is 0. The highest BCUT2D eigenvalue weighted by Gasteiger charge is 2.06. The molecule has 0 heterocycles. The third-order valence-corrected chi connectivity index (χ3v) is 2.19.